The molecular formula is C17H26F3N3O2S. The van der Waals surface area contributed by atoms with Crippen molar-refractivity contribution in [3.05, 3.63) is 23.9 Å². The van der Waals surface area contributed by atoms with Gasteiger partial charge in [0.25, 0.3) is 0 Å². The lowest BCUT2D eigenvalue weighted by molar-refractivity contribution is -0.137. The fourth-order valence-electron chi connectivity index (χ4n) is 2.85. The summed E-state index contributed by atoms with van der Waals surface area (Å²) in [5, 5.41) is 3.06. The summed E-state index contributed by atoms with van der Waals surface area (Å²) in [4.78, 5) is 3.96. The molecule has 1 fully saturated rings. The van der Waals surface area contributed by atoms with Gasteiger partial charge in [-0.05, 0) is 64.5 Å². The second kappa shape index (κ2) is 7.72. The number of nitrogens with zero attached hydrogens (tertiary/aromatic N) is 1. The molecule has 0 unspecified atom stereocenters. The van der Waals surface area contributed by atoms with Gasteiger partial charge >= 0.3 is 6.18 Å². The van der Waals surface area contributed by atoms with Crippen LogP contribution in [-0.4, -0.2) is 30.7 Å². The number of nitrogens with one attached hydrogen (secondary N) is 2. The van der Waals surface area contributed by atoms with Crippen LogP contribution in [0.15, 0.2) is 18.3 Å². The van der Waals surface area contributed by atoms with Gasteiger partial charge in [0.1, 0.15) is 5.82 Å². The average molecular weight is 393 g/mol. The maximum Gasteiger partial charge on any atom is 0.416 e. The van der Waals surface area contributed by atoms with E-state index in [0.717, 1.165) is 44.0 Å². The first-order chi connectivity index (χ1) is 11.9. The van der Waals surface area contributed by atoms with E-state index in [-0.39, 0.29) is 17.8 Å². The Hall–Kier alpha value is -1.35. The number of sulfonamides is 1. The third-order valence-electron chi connectivity index (χ3n) is 4.65. The van der Waals surface area contributed by atoms with Gasteiger partial charge in [-0.25, -0.2) is 18.1 Å². The minimum Gasteiger partial charge on any atom is -0.367 e. The Labute approximate surface area is 152 Å². The number of pyridine rings is 1. The normalized spacial score (nSPS) is 22.2. The van der Waals surface area contributed by atoms with Gasteiger partial charge in [-0.3, -0.25) is 0 Å². The van der Waals surface area contributed by atoms with Gasteiger partial charge in [-0.2, -0.15) is 13.2 Å². The minimum atomic E-state index is -4.39. The second-order valence-electron chi connectivity index (χ2n) is 7.75. The zero-order valence-electron chi connectivity index (χ0n) is 15.2. The van der Waals surface area contributed by atoms with Crippen LogP contribution in [0.25, 0.3) is 0 Å². The fraction of sp³-hybridized carbons (Fsp3) is 0.706. The van der Waals surface area contributed by atoms with E-state index in [9.17, 15) is 21.6 Å². The summed E-state index contributed by atoms with van der Waals surface area (Å²) >= 11 is 0. The van der Waals surface area contributed by atoms with Crippen LogP contribution in [0, 0.1) is 5.92 Å². The van der Waals surface area contributed by atoms with Crippen LogP contribution in [0.1, 0.15) is 52.0 Å². The first-order valence-electron chi connectivity index (χ1n) is 8.67. The highest BCUT2D eigenvalue weighted by Gasteiger charge is 2.32. The average Bonchev–Trinajstić information content (AvgIpc) is 2.53. The topological polar surface area (TPSA) is 71.1 Å². The number of halogens is 3. The van der Waals surface area contributed by atoms with Gasteiger partial charge in [0.05, 0.1) is 10.3 Å². The molecule has 0 atom stereocenters. The number of rotatable bonds is 5. The van der Waals surface area contributed by atoms with Crippen molar-refractivity contribution in [3.8, 4) is 0 Å². The smallest absolute Gasteiger partial charge is 0.367 e. The SMILES string of the molecule is CC(C)(C)S(=O)(=O)NCC1CCC(Nc2cc(C(F)(F)F)ccn2)CC1. The number of anilines is 1. The fourth-order valence-corrected chi connectivity index (χ4v) is 3.74. The van der Waals surface area contributed by atoms with E-state index >= 15 is 0 Å². The predicted molar refractivity (Wildman–Crippen MR) is 95.3 cm³/mol. The van der Waals surface area contributed by atoms with E-state index in [1.54, 1.807) is 20.8 Å². The Morgan fingerprint density at radius 1 is 1.15 bits per heavy atom. The van der Waals surface area contributed by atoms with Crippen LogP contribution in [0.4, 0.5) is 19.0 Å². The zero-order valence-corrected chi connectivity index (χ0v) is 16.0. The lowest BCUT2D eigenvalue weighted by atomic mass is 9.86. The summed E-state index contributed by atoms with van der Waals surface area (Å²) in [5.74, 6) is 0.455. The Balaban J connectivity index is 1.84. The highest BCUT2D eigenvalue weighted by atomic mass is 32.2. The Morgan fingerprint density at radius 3 is 2.31 bits per heavy atom. The molecule has 0 radical (unpaired) electrons. The molecule has 1 saturated carbocycles. The molecule has 2 rings (SSSR count). The number of alkyl halides is 3. The van der Waals surface area contributed by atoms with Crippen molar-refractivity contribution < 1.29 is 21.6 Å². The molecule has 1 aromatic rings. The molecule has 1 aliphatic carbocycles. The Kier molecular flexibility index (Phi) is 6.22. The molecule has 0 aromatic carbocycles. The highest BCUT2D eigenvalue weighted by molar-refractivity contribution is 7.90. The van der Waals surface area contributed by atoms with Crippen LogP contribution in [-0.2, 0) is 16.2 Å². The first kappa shape index (κ1) is 21.0. The third kappa shape index (κ3) is 5.57. The van der Waals surface area contributed by atoms with Crippen molar-refractivity contribution in [2.45, 2.75) is 63.4 Å². The maximum absolute atomic E-state index is 12.8. The van der Waals surface area contributed by atoms with Crippen LogP contribution in [0.3, 0.4) is 0 Å². The Bertz CT molecular complexity index is 707. The molecule has 2 N–H and O–H groups in total. The molecule has 0 spiro atoms. The standard InChI is InChI=1S/C17H26F3N3O2S/c1-16(2,3)26(24,25)22-11-12-4-6-14(7-5-12)23-15-10-13(8-9-21-15)17(18,19)20/h8-10,12,14,22H,4-7,11H2,1-3H3,(H,21,23). The Morgan fingerprint density at radius 2 is 1.77 bits per heavy atom. The molecule has 5 nitrogen and oxygen atoms in total. The van der Waals surface area contributed by atoms with Crippen LogP contribution in [0.2, 0.25) is 0 Å². The molecule has 0 bridgehead atoms. The first-order valence-corrected chi connectivity index (χ1v) is 10.2. The van der Waals surface area contributed by atoms with E-state index in [1.165, 1.54) is 0 Å². The molecule has 0 amide bonds. The number of hydrogen-bond acceptors (Lipinski definition) is 4. The highest BCUT2D eigenvalue weighted by Crippen LogP contribution is 2.31. The van der Waals surface area contributed by atoms with Crippen molar-refractivity contribution in [3.63, 3.8) is 0 Å². The van der Waals surface area contributed by atoms with Gasteiger partial charge in [0, 0.05) is 18.8 Å². The second-order valence-corrected chi connectivity index (χ2v) is 10.3. The van der Waals surface area contributed by atoms with Crippen molar-refractivity contribution in [1.82, 2.24) is 9.71 Å². The molecule has 26 heavy (non-hydrogen) atoms. The minimum absolute atomic E-state index is 0.0430. The van der Waals surface area contributed by atoms with Gasteiger partial charge in [0.2, 0.25) is 10.0 Å². The molecule has 1 aliphatic rings. The zero-order chi connectivity index (χ0) is 19.6. The summed E-state index contributed by atoms with van der Waals surface area (Å²) in [6.45, 7) is 5.35. The largest absolute Gasteiger partial charge is 0.416 e. The van der Waals surface area contributed by atoms with E-state index in [2.05, 4.69) is 15.0 Å². The molecule has 9 heteroatoms. The van der Waals surface area contributed by atoms with Crippen molar-refractivity contribution in [1.29, 1.82) is 0 Å². The van der Waals surface area contributed by atoms with Gasteiger partial charge in [-0.15, -0.1) is 0 Å². The molecule has 1 aromatic heterocycles. The molecule has 1 heterocycles. The number of hydrogen-bond donors (Lipinski definition) is 2. The summed E-state index contributed by atoms with van der Waals surface area (Å²) in [6, 6.07) is 2.01. The number of aromatic nitrogens is 1. The summed E-state index contributed by atoms with van der Waals surface area (Å²) in [5.41, 5.74) is -0.722. The van der Waals surface area contributed by atoms with E-state index in [1.807, 2.05) is 0 Å². The summed E-state index contributed by atoms with van der Waals surface area (Å²) < 4.78 is 64.3. The quantitative estimate of drug-likeness (QED) is 0.799. The van der Waals surface area contributed by atoms with Crippen LogP contribution in [0.5, 0.6) is 0 Å². The molecule has 0 aliphatic heterocycles. The van der Waals surface area contributed by atoms with Gasteiger partial charge in [0.15, 0.2) is 0 Å². The van der Waals surface area contributed by atoms with Crippen LogP contribution >= 0.6 is 0 Å². The predicted octanol–water partition coefficient (Wildman–Crippen LogP) is 3.79. The molecular weight excluding hydrogens is 367 g/mol. The van der Waals surface area contributed by atoms with Crippen LogP contribution < -0.4 is 10.0 Å². The van der Waals surface area contributed by atoms with Gasteiger partial charge < -0.3 is 5.32 Å². The monoisotopic (exact) mass is 393 g/mol. The lowest BCUT2D eigenvalue weighted by Gasteiger charge is -2.30. The van der Waals surface area contributed by atoms with E-state index in [0.29, 0.717) is 6.54 Å². The van der Waals surface area contributed by atoms with Crippen molar-refractivity contribution in [2.24, 2.45) is 5.92 Å². The van der Waals surface area contributed by atoms with E-state index in [4.69, 9.17) is 0 Å². The van der Waals surface area contributed by atoms with Crippen molar-refractivity contribution >= 4 is 15.8 Å². The molecule has 148 valence electrons. The maximum atomic E-state index is 12.8. The van der Waals surface area contributed by atoms with E-state index < -0.39 is 26.5 Å². The summed E-state index contributed by atoms with van der Waals surface area (Å²) in [7, 11) is -3.36. The third-order valence-corrected chi connectivity index (χ3v) is 6.81. The lowest BCUT2D eigenvalue weighted by Crippen LogP contribution is -2.42. The van der Waals surface area contributed by atoms with Crippen molar-refractivity contribution in [2.75, 3.05) is 11.9 Å². The molecule has 0 saturated heterocycles. The van der Waals surface area contributed by atoms with Gasteiger partial charge in [-0.1, -0.05) is 0 Å². The summed E-state index contributed by atoms with van der Waals surface area (Å²) in [6.07, 6.45) is -0.0917.